The molecule has 0 aliphatic carbocycles. The van der Waals surface area contributed by atoms with E-state index >= 15 is 0 Å². The number of aliphatic hydroxyl groups is 4. The first kappa shape index (κ1) is 23.3. The van der Waals surface area contributed by atoms with Gasteiger partial charge in [0.25, 0.3) is 0 Å². The van der Waals surface area contributed by atoms with Crippen LogP contribution in [0.5, 0.6) is 0 Å². The van der Waals surface area contributed by atoms with Crippen molar-refractivity contribution in [3.05, 3.63) is 35.4 Å². The maximum absolute atomic E-state index is 10.3. The summed E-state index contributed by atoms with van der Waals surface area (Å²) in [6.07, 6.45) is 0. The molecular formula is C15H24O8. The van der Waals surface area contributed by atoms with Gasteiger partial charge in [0.2, 0.25) is 0 Å². The van der Waals surface area contributed by atoms with E-state index in [-0.39, 0.29) is 43.0 Å². The second kappa shape index (κ2) is 12.5. The van der Waals surface area contributed by atoms with Gasteiger partial charge in [-0.2, -0.15) is 0 Å². The third-order valence-corrected chi connectivity index (χ3v) is 2.33. The van der Waals surface area contributed by atoms with Crippen LogP contribution in [0.15, 0.2) is 24.3 Å². The highest BCUT2D eigenvalue weighted by Crippen LogP contribution is 2.10. The quantitative estimate of drug-likeness (QED) is 0.442. The summed E-state index contributed by atoms with van der Waals surface area (Å²) in [7, 11) is 0. The number of benzene rings is 1. The molecule has 0 amide bonds. The van der Waals surface area contributed by atoms with Crippen molar-refractivity contribution in [1.29, 1.82) is 0 Å². The van der Waals surface area contributed by atoms with E-state index in [4.69, 9.17) is 30.6 Å². The number of carbonyl (C=O) groups is 2. The standard InChI is InChI=1S/C8H6O4.C5H12O2.C2H6O2/c9-7(10)5-1-2-6(4-3-5)8(11)12;1-5(2,3-6)4-7;3-1-2-4/h1-4H,(H,9,10)(H,11,12);6-7H,3-4H2,1-2H3;3-4H,1-2H2. The average Bonchev–Trinajstić information content (AvgIpc) is 2.55. The summed E-state index contributed by atoms with van der Waals surface area (Å²) < 4.78 is 0. The minimum atomic E-state index is -1.06. The normalized spacial score (nSPS) is 9.83. The fraction of sp³-hybridized carbons (Fsp3) is 0.467. The molecule has 1 aromatic rings. The van der Waals surface area contributed by atoms with Crippen molar-refractivity contribution in [2.45, 2.75) is 13.8 Å². The van der Waals surface area contributed by atoms with Crippen LogP contribution >= 0.6 is 0 Å². The second-order valence-corrected chi connectivity index (χ2v) is 5.12. The maximum Gasteiger partial charge on any atom is 0.335 e. The lowest BCUT2D eigenvalue weighted by Crippen LogP contribution is -2.20. The molecule has 8 nitrogen and oxygen atoms in total. The zero-order valence-electron chi connectivity index (χ0n) is 13.1. The predicted octanol–water partition coefficient (Wildman–Crippen LogP) is 0.0512. The van der Waals surface area contributed by atoms with Crippen molar-refractivity contribution in [3.8, 4) is 0 Å². The van der Waals surface area contributed by atoms with Gasteiger partial charge in [0.05, 0.1) is 37.6 Å². The van der Waals surface area contributed by atoms with E-state index in [1.807, 2.05) is 0 Å². The van der Waals surface area contributed by atoms with Crippen LogP contribution in [0.2, 0.25) is 0 Å². The first-order valence-electron chi connectivity index (χ1n) is 6.65. The fourth-order valence-electron chi connectivity index (χ4n) is 0.805. The lowest BCUT2D eigenvalue weighted by atomic mass is 9.97. The summed E-state index contributed by atoms with van der Waals surface area (Å²) in [4.78, 5) is 20.7. The van der Waals surface area contributed by atoms with E-state index < -0.39 is 11.9 Å². The molecule has 23 heavy (non-hydrogen) atoms. The summed E-state index contributed by atoms with van der Waals surface area (Å²) >= 11 is 0. The van der Waals surface area contributed by atoms with E-state index in [2.05, 4.69) is 0 Å². The molecule has 0 aliphatic rings. The van der Waals surface area contributed by atoms with Gasteiger partial charge in [0.1, 0.15) is 0 Å². The molecule has 0 spiro atoms. The van der Waals surface area contributed by atoms with Crippen LogP contribution in [0.25, 0.3) is 0 Å². The summed E-state index contributed by atoms with van der Waals surface area (Å²) in [6.45, 7) is 3.44. The minimum absolute atomic E-state index is 0.0451. The Kier molecular flexibility index (Phi) is 12.7. The van der Waals surface area contributed by atoms with Crippen molar-refractivity contribution in [2.24, 2.45) is 5.41 Å². The number of carboxylic acids is 2. The summed E-state index contributed by atoms with van der Waals surface area (Å²) in [5, 5.41) is 49.1. The first-order chi connectivity index (χ1) is 10.6. The molecule has 0 saturated heterocycles. The average molecular weight is 332 g/mol. The van der Waals surface area contributed by atoms with Gasteiger partial charge in [-0.25, -0.2) is 9.59 Å². The van der Waals surface area contributed by atoms with Gasteiger partial charge >= 0.3 is 11.9 Å². The van der Waals surface area contributed by atoms with Crippen LogP contribution in [0.4, 0.5) is 0 Å². The van der Waals surface area contributed by atoms with Crippen LogP contribution in [0, 0.1) is 5.41 Å². The highest BCUT2D eigenvalue weighted by molar-refractivity contribution is 5.91. The Morgan fingerprint density at radius 2 is 1.04 bits per heavy atom. The van der Waals surface area contributed by atoms with Crippen LogP contribution in [-0.4, -0.2) is 69.0 Å². The van der Waals surface area contributed by atoms with Gasteiger partial charge in [-0.05, 0) is 24.3 Å². The SMILES string of the molecule is CC(C)(CO)CO.O=C(O)c1ccc(C(=O)O)cc1.OCCO. The fourth-order valence-corrected chi connectivity index (χ4v) is 0.805. The molecule has 1 aromatic carbocycles. The monoisotopic (exact) mass is 332 g/mol. The van der Waals surface area contributed by atoms with Gasteiger partial charge in [0.15, 0.2) is 0 Å². The predicted molar refractivity (Wildman–Crippen MR) is 82.5 cm³/mol. The Hall–Kier alpha value is -2.00. The van der Waals surface area contributed by atoms with Crippen molar-refractivity contribution in [3.63, 3.8) is 0 Å². The summed E-state index contributed by atoms with van der Waals surface area (Å²) in [5.41, 5.74) is -0.139. The molecule has 0 aromatic heterocycles. The molecule has 0 radical (unpaired) electrons. The highest BCUT2D eigenvalue weighted by Gasteiger charge is 2.13. The Balaban J connectivity index is 0. The number of carboxylic acid groups (broad SMARTS) is 2. The Morgan fingerprint density at radius 1 is 0.783 bits per heavy atom. The molecule has 0 aliphatic heterocycles. The third-order valence-electron chi connectivity index (χ3n) is 2.33. The lowest BCUT2D eigenvalue weighted by molar-refractivity contribution is 0.0681. The maximum atomic E-state index is 10.3. The molecular weight excluding hydrogens is 308 g/mol. The number of aliphatic hydroxyl groups excluding tert-OH is 4. The molecule has 0 unspecified atom stereocenters. The molecule has 0 bridgehead atoms. The number of aromatic carboxylic acids is 2. The van der Waals surface area contributed by atoms with E-state index in [0.29, 0.717) is 0 Å². The zero-order valence-corrected chi connectivity index (χ0v) is 13.1. The van der Waals surface area contributed by atoms with Gasteiger partial charge in [-0.1, -0.05) is 13.8 Å². The van der Waals surface area contributed by atoms with E-state index in [9.17, 15) is 9.59 Å². The zero-order chi connectivity index (χ0) is 18.5. The van der Waals surface area contributed by atoms with Gasteiger partial charge < -0.3 is 30.6 Å². The molecule has 6 N–H and O–H groups in total. The first-order valence-corrected chi connectivity index (χ1v) is 6.65. The third kappa shape index (κ3) is 12.2. The van der Waals surface area contributed by atoms with E-state index in [0.717, 1.165) is 0 Å². The van der Waals surface area contributed by atoms with E-state index in [1.54, 1.807) is 13.8 Å². The molecule has 0 fully saturated rings. The largest absolute Gasteiger partial charge is 0.478 e. The van der Waals surface area contributed by atoms with Crippen LogP contribution in [0.1, 0.15) is 34.6 Å². The molecule has 8 heteroatoms. The summed E-state index contributed by atoms with van der Waals surface area (Å²) in [5.74, 6) is -2.13. The molecule has 0 heterocycles. The Morgan fingerprint density at radius 3 is 1.13 bits per heavy atom. The van der Waals surface area contributed by atoms with Gasteiger partial charge in [0, 0.05) is 5.41 Å². The highest BCUT2D eigenvalue weighted by atomic mass is 16.4. The molecule has 132 valence electrons. The van der Waals surface area contributed by atoms with Crippen LogP contribution in [-0.2, 0) is 0 Å². The molecule has 0 atom stereocenters. The van der Waals surface area contributed by atoms with Crippen LogP contribution in [0.3, 0.4) is 0 Å². The number of hydrogen-bond donors (Lipinski definition) is 6. The Labute approximate surface area is 134 Å². The number of hydrogen-bond acceptors (Lipinski definition) is 6. The van der Waals surface area contributed by atoms with E-state index in [1.165, 1.54) is 24.3 Å². The number of rotatable bonds is 5. The van der Waals surface area contributed by atoms with Crippen molar-refractivity contribution < 1.29 is 40.2 Å². The summed E-state index contributed by atoms with van der Waals surface area (Å²) in [6, 6.07) is 5.02. The second-order valence-electron chi connectivity index (χ2n) is 5.12. The van der Waals surface area contributed by atoms with Crippen molar-refractivity contribution >= 4 is 11.9 Å². The topological polar surface area (TPSA) is 156 Å². The van der Waals surface area contributed by atoms with Crippen LogP contribution < -0.4 is 0 Å². The lowest BCUT2D eigenvalue weighted by Gasteiger charge is -2.16. The smallest absolute Gasteiger partial charge is 0.335 e. The van der Waals surface area contributed by atoms with Gasteiger partial charge in [-0.3, -0.25) is 0 Å². The molecule has 0 saturated carbocycles. The molecule has 1 rings (SSSR count). The van der Waals surface area contributed by atoms with Crippen molar-refractivity contribution in [2.75, 3.05) is 26.4 Å². The van der Waals surface area contributed by atoms with Crippen molar-refractivity contribution in [1.82, 2.24) is 0 Å². The van der Waals surface area contributed by atoms with Gasteiger partial charge in [-0.15, -0.1) is 0 Å². The Bertz CT molecular complexity index is 412. The minimum Gasteiger partial charge on any atom is -0.478 e.